The molecule has 2 aliphatic rings. The van der Waals surface area contributed by atoms with Crippen molar-refractivity contribution in [3.05, 3.63) is 93.7 Å². The van der Waals surface area contributed by atoms with Crippen molar-refractivity contribution in [1.29, 1.82) is 0 Å². The SMILES string of the molecule is O=C(C1CCN(S(=O)(=O)c2cccc(C(F)(F)F)c2)CC1)N(CCCN1CCC(Cc2ccc(F)cc2)CC1)c1ccc(Cl)c(Cl)c1. The van der Waals surface area contributed by atoms with E-state index in [2.05, 4.69) is 4.90 Å². The summed E-state index contributed by atoms with van der Waals surface area (Å²) in [6.07, 6.45) is -0.498. The minimum absolute atomic E-state index is 0.0110. The zero-order chi connectivity index (χ0) is 33.8. The lowest BCUT2D eigenvalue weighted by atomic mass is 9.90. The van der Waals surface area contributed by atoms with Gasteiger partial charge in [0.05, 0.1) is 20.5 Å². The third-order valence-corrected chi connectivity index (χ3v) is 11.7. The Kier molecular flexibility index (Phi) is 11.5. The molecule has 3 aromatic rings. The van der Waals surface area contributed by atoms with Gasteiger partial charge in [-0.1, -0.05) is 41.4 Å². The molecule has 0 unspecified atom stereocenters. The van der Waals surface area contributed by atoms with E-state index < -0.39 is 32.6 Å². The minimum Gasteiger partial charge on any atom is -0.312 e. The quantitative estimate of drug-likeness (QED) is 0.200. The van der Waals surface area contributed by atoms with Gasteiger partial charge in [-0.25, -0.2) is 12.8 Å². The Hall–Kier alpha value is -2.70. The molecule has 5 rings (SSSR count). The first-order valence-corrected chi connectivity index (χ1v) is 17.9. The standard InChI is InChI=1S/C34H37Cl2F4N3O3S/c35-31-10-9-29(23-32(31)36)43(16-2-15-41-17-11-25(12-18-41)21-24-5-7-28(37)8-6-24)33(44)26-13-19-42(20-14-26)47(45,46)30-4-1-3-27(22-30)34(38,39)40/h1,3-10,22-23,25-26H,2,11-21H2. The molecule has 0 aliphatic carbocycles. The number of benzene rings is 3. The van der Waals surface area contributed by atoms with Gasteiger partial charge in [0, 0.05) is 31.2 Å². The van der Waals surface area contributed by atoms with Crippen molar-refractivity contribution in [2.24, 2.45) is 11.8 Å². The topological polar surface area (TPSA) is 60.9 Å². The lowest BCUT2D eigenvalue weighted by Crippen LogP contribution is -2.45. The number of hydrogen-bond acceptors (Lipinski definition) is 4. The monoisotopic (exact) mass is 713 g/mol. The van der Waals surface area contributed by atoms with E-state index in [4.69, 9.17) is 23.2 Å². The summed E-state index contributed by atoms with van der Waals surface area (Å²) in [6, 6.07) is 15.4. The molecule has 3 aromatic carbocycles. The van der Waals surface area contributed by atoms with Gasteiger partial charge >= 0.3 is 6.18 Å². The Balaban J connectivity index is 1.18. The number of halogens is 6. The van der Waals surface area contributed by atoms with Crippen molar-refractivity contribution in [2.75, 3.05) is 44.2 Å². The van der Waals surface area contributed by atoms with Gasteiger partial charge in [-0.05, 0) is 118 Å². The highest BCUT2D eigenvalue weighted by molar-refractivity contribution is 7.89. The second-order valence-electron chi connectivity index (χ2n) is 12.3. The highest BCUT2D eigenvalue weighted by Crippen LogP contribution is 2.34. The number of rotatable bonds is 10. The largest absolute Gasteiger partial charge is 0.416 e. The number of anilines is 1. The first kappa shape index (κ1) is 35.6. The molecule has 13 heteroatoms. The van der Waals surface area contributed by atoms with Crippen LogP contribution in [0.5, 0.6) is 0 Å². The van der Waals surface area contributed by atoms with Crippen molar-refractivity contribution in [3.8, 4) is 0 Å². The maximum atomic E-state index is 13.9. The van der Waals surface area contributed by atoms with E-state index in [1.165, 1.54) is 12.1 Å². The van der Waals surface area contributed by atoms with Crippen molar-refractivity contribution in [3.63, 3.8) is 0 Å². The van der Waals surface area contributed by atoms with Crippen molar-refractivity contribution >= 4 is 44.8 Å². The molecule has 2 fully saturated rings. The highest BCUT2D eigenvalue weighted by Gasteiger charge is 2.36. The van der Waals surface area contributed by atoms with Crippen LogP contribution in [0.2, 0.25) is 10.0 Å². The van der Waals surface area contributed by atoms with Gasteiger partial charge in [-0.2, -0.15) is 17.5 Å². The van der Waals surface area contributed by atoms with Crippen LogP contribution in [0.1, 0.15) is 43.2 Å². The number of sulfonamides is 1. The Morgan fingerprint density at radius 1 is 0.872 bits per heavy atom. The number of amides is 1. The highest BCUT2D eigenvalue weighted by atomic mass is 35.5. The zero-order valence-corrected chi connectivity index (χ0v) is 28.1. The van der Waals surface area contributed by atoms with Gasteiger partial charge in [0.2, 0.25) is 15.9 Å². The molecule has 0 radical (unpaired) electrons. The van der Waals surface area contributed by atoms with E-state index in [0.29, 0.717) is 40.7 Å². The zero-order valence-electron chi connectivity index (χ0n) is 25.7. The summed E-state index contributed by atoms with van der Waals surface area (Å²) < 4.78 is 80.5. The van der Waals surface area contributed by atoms with Crippen LogP contribution in [-0.4, -0.2) is 62.8 Å². The number of likely N-dealkylation sites (tertiary alicyclic amines) is 1. The van der Waals surface area contributed by atoms with Crippen molar-refractivity contribution in [2.45, 2.75) is 49.6 Å². The lowest BCUT2D eigenvalue weighted by molar-refractivity contribution is -0.137. The van der Waals surface area contributed by atoms with E-state index in [0.717, 1.165) is 67.0 Å². The number of carbonyl (C=O) groups is 1. The smallest absolute Gasteiger partial charge is 0.312 e. The lowest BCUT2D eigenvalue weighted by Gasteiger charge is -2.35. The Morgan fingerprint density at radius 2 is 1.55 bits per heavy atom. The molecule has 6 nitrogen and oxygen atoms in total. The molecule has 0 bridgehead atoms. The van der Waals surface area contributed by atoms with Gasteiger partial charge in [0.1, 0.15) is 5.82 Å². The van der Waals surface area contributed by atoms with Crippen LogP contribution >= 0.6 is 23.2 Å². The molecule has 254 valence electrons. The Labute approximate surface area is 283 Å². The second-order valence-corrected chi connectivity index (χ2v) is 15.0. The van der Waals surface area contributed by atoms with Gasteiger partial charge in [0.15, 0.2) is 0 Å². The second kappa shape index (κ2) is 15.2. The molecule has 0 aromatic heterocycles. The third kappa shape index (κ3) is 9.06. The van der Waals surface area contributed by atoms with Crippen LogP contribution < -0.4 is 4.90 Å². The fraction of sp³-hybridized carbons (Fsp3) is 0.441. The summed E-state index contributed by atoms with van der Waals surface area (Å²) in [5.74, 6) is -0.323. The summed E-state index contributed by atoms with van der Waals surface area (Å²) in [6.45, 7) is 3.11. The average Bonchev–Trinajstić information content (AvgIpc) is 3.06. The fourth-order valence-corrected chi connectivity index (χ4v) is 8.19. The molecule has 2 saturated heterocycles. The summed E-state index contributed by atoms with van der Waals surface area (Å²) in [5.41, 5.74) is 0.705. The maximum Gasteiger partial charge on any atom is 0.416 e. The van der Waals surface area contributed by atoms with Crippen LogP contribution in [0.25, 0.3) is 0 Å². The average molecular weight is 715 g/mol. The van der Waals surface area contributed by atoms with E-state index in [1.807, 2.05) is 12.1 Å². The number of hydrogen-bond donors (Lipinski definition) is 0. The van der Waals surface area contributed by atoms with Crippen LogP contribution in [0.3, 0.4) is 0 Å². The van der Waals surface area contributed by atoms with Gasteiger partial charge in [-0.15, -0.1) is 0 Å². The van der Waals surface area contributed by atoms with Crippen LogP contribution in [-0.2, 0) is 27.4 Å². The number of carbonyl (C=O) groups excluding carboxylic acids is 1. The maximum absolute atomic E-state index is 13.9. The molecule has 47 heavy (non-hydrogen) atoms. The molecule has 0 spiro atoms. The van der Waals surface area contributed by atoms with Gasteiger partial charge < -0.3 is 9.80 Å². The van der Waals surface area contributed by atoms with Gasteiger partial charge in [0.25, 0.3) is 0 Å². The molecule has 2 aliphatic heterocycles. The molecule has 0 atom stereocenters. The van der Waals surface area contributed by atoms with Gasteiger partial charge in [-0.3, -0.25) is 4.79 Å². The first-order chi connectivity index (χ1) is 22.3. The minimum atomic E-state index is -4.67. The summed E-state index contributed by atoms with van der Waals surface area (Å²) in [5, 5.41) is 0.673. The predicted octanol–water partition coefficient (Wildman–Crippen LogP) is 7.93. The van der Waals surface area contributed by atoms with Crippen molar-refractivity contribution < 1.29 is 30.8 Å². The molecule has 1 amide bonds. The summed E-state index contributed by atoms with van der Waals surface area (Å²) in [4.78, 5) is 17.6. The molecule has 0 saturated carbocycles. The predicted molar refractivity (Wildman–Crippen MR) is 176 cm³/mol. The molecule has 0 N–H and O–H groups in total. The molecule has 2 heterocycles. The van der Waals surface area contributed by atoms with E-state index in [9.17, 15) is 30.8 Å². The van der Waals surface area contributed by atoms with E-state index in [1.54, 1.807) is 23.1 Å². The fourth-order valence-electron chi connectivity index (χ4n) is 6.39. The molecular weight excluding hydrogens is 677 g/mol. The summed E-state index contributed by atoms with van der Waals surface area (Å²) in [7, 11) is -4.17. The third-order valence-electron chi connectivity index (χ3n) is 9.08. The normalized spacial score (nSPS) is 17.6. The number of piperidine rings is 2. The number of alkyl halides is 3. The van der Waals surface area contributed by atoms with Crippen LogP contribution in [0.4, 0.5) is 23.2 Å². The number of nitrogens with zero attached hydrogens (tertiary/aromatic N) is 3. The Bertz CT molecular complexity index is 1640. The molecular formula is C34H37Cl2F4N3O3S. The Morgan fingerprint density at radius 3 is 2.19 bits per heavy atom. The first-order valence-electron chi connectivity index (χ1n) is 15.7. The van der Waals surface area contributed by atoms with Crippen molar-refractivity contribution in [1.82, 2.24) is 9.21 Å². The van der Waals surface area contributed by atoms with Crippen LogP contribution in [0.15, 0.2) is 71.6 Å². The van der Waals surface area contributed by atoms with E-state index in [-0.39, 0.29) is 37.7 Å². The van der Waals surface area contributed by atoms with E-state index >= 15 is 0 Å². The van der Waals surface area contributed by atoms with Crippen LogP contribution in [0, 0.1) is 17.7 Å². The summed E-state index contributed by atoms with van der Waals surface area (Å²) >= 11 is 12.5.